The first kappa shape index (κ1) is 25.6. The zero-order valence-corrected chi connectivity index (χ0v) is 21.4. The van der Waals surface area contributed by atoms with Gasteiger partial charge >= 0.3 is 0 Å². The van der Waals surface area contributed by atoms with Crippen LogP contribution in [0.1, 0.15) is 43.4 Å². The van der Waals surface area contributed by atoms with Gasteiger partial charge in [0, 0.05) is 24.5 Å². The highest BCUT2D eigenvalue weighted by Gasteiger charge is 2.30. The van der Waals surface area contributed by atoms with E-state index < -0.39 is 11.8 Å². The molecule has 3 N–H and O–H groups in total. The molecule has 2 heterocycles. The van der Waals surface area contributed by atoms with Gasteiger partial charge in [0.2, 0.25) is 5.91 Å². The van der Waals surface area contributed by atoms with E-state index in [1.807, 2.05) is 78.9 Å². The van der Waals surface area contributed by atoms with Crippen LogP contribution in [0.2, 0.25) is 0 Å². The van der Waals surface area contributed by atoms with Gasteiger partial charge in [0.1, 0.15) is 5.00 Å². The number of primary amides is 1. The van der Waals surface area contributed by atoms with Gasteiger partial charge in [-0.1, -0.05) is 91.0 Å². The summed E-state index contributed by atoms with van der Waals surface area (Å²) >= 11 is 1.47. The number of fused-ring (bicyclic) bond motifs is 1. The van der Waals surface area contributed by atoms with Gasteiger partial charge in [-0.3, -0.25) is 14.5 Å². The smallest absolute Gasteiger partial charge is 0.251 e. The van der Waals surface area contributed by atoms with Crippen molar-refractivity contribution in [3.8, 4) is 0 Å². The molecule has 1 aliphatic heterocycles. The maximum Gasteiger partial charge on any atom is 0.251 e. The summed E-state index contributed by atoms with van der Waals surface area (Å²) in [6, 6.07) is 29.7. The molecule has 2 amide bonds. The molecule has 1 aliphatic rings. The Labute approximate surface area is 221 Å². The average molecular weight is 518 g/mol. The standard InChI is InChI=1S/C29H27N3O2S.ClH/c30-27(33)26-23-16-17-32(18-20-10-4-1-5-11-20)19-24(23)35-29(26)31-28(34)25(21-12-6-2-7-13-21)22-14-8-3-9-15-22;/h1-15,25H,16-19H2,(H2,30,33)(H,31,34);1H. The van der Waals surface area contributed by atoms with Crippen LogP contribution in [-0.4, -0.2) is 23.3 Å². The summed E-state index contributed by atoms with van der Waals surface area (Å²) in [6.45, 7) is 2.41. The van der Waals surface area contributed by atoms with Crippen LogP contribution in [0.4, 0.5) is 5.00 Å². The Morgan fingerprint density at radius 1 is 0.889 bits per heavy atom. The minimum absolute atomic E-state index is 0. The van der Waals surface area contributed by atoms with Crippen molar-refractivity contribution in [2.45, 2.75) is 25.4 Å². The number of rotatable bonds is 7. The summed E-state index contributed by atoms with van der Waals surface area (Å²) in [5, 5.41) is 3.62. The van der Waals surface area contributed by atoms with Crippen LogP contribution in [0.3, 0.4) is 0 Å². The monoisotopic (exact) mass is 517 g/mol. The number of hydrogen-bond acceptors (Lipinski definition) is 4. The summed E-state index contributed by atoms with van der Waals surface area (Å²) in [4.78, 5) is 29.6. The minimum atomic E-state index is -0.495. The number of halogens is 1. The van der Waals surface area contributed by atoms with Crippen molar-refractivity contribution in [3.63, 3.8) is 0 Å². The number of carbonyl (C=O) groups is 2. The fourth-order valence-electron chi connectivity index (χ4n) is 4.75. The zero-order valence-electron chi connectivity index (χ0n) is 19.7. The molecule has 5 nitrogen and oxygen atoms in total. The molecule has 5 rings (SSSR count). The zero-order chi connectivity index (χ0) is 24.2. The van der Waals surface area contributed by atoms with Gasteiger partial charge in [0.15, 0.2) is 0 Å². The van der Waals surface area contributed by atoms with Crippen LogP contribution in [0.15, 0.2) is 91.0 Å². The second-order valence-corrected chi connectivity index (χ2v) is 9.87. The average Bonchev–Trinajstić information content (AvgIpc) is 3.23. The van der Waals surface area contributed by atoms with Crippen LogP contribution in [-0.2, 0) is 24.3 Å². The SMILES string of the molecule is Cl.NC(=O)c1c(NC(=O)C(c2ccccc2)c2ccccc2)sc2c1CCN(Cc1ccccc1)C2. The Morgan fingerprint density at radius 3 is 2.00 bits per heavy atom. The Hall–Kier alpha value is -3.45. The van der Waals surface area contributed by atoms with Crippen LogP contribution in [0.25, 0.3) is 0 Å². The number of benzene rings is 3. The molecule has 0 unspecified atom stereocenters. The molecule has 0 bridgehead atoms. The molecule has 1 aromatic heterocycles. The molecule has 0 spiro atoms. The Morgan fingerprint density at radius 2 is 1.44 bits per heavy atom. The fraction of sp³-hybridized carbons (Fsp3) is 0.172. The van der Waals surface area contributed by atoms with Gasteiger partial charge in [0.05, 0.1) is 11.5 Å². The van der Waals surface area contributed by atoms with Crippen molar-refractivity contribution in [2.24, 2.45) is 5.73 Å². The maximum atomic E-state index is 13.6. The van der Waals surface area contributed by atoms with Gasteiger partial charge in [0.25, 0.3) is 5.91 Å². The normalized spacial score (nSPS) is 13.0. The van der Waals surface area contributed by atoms with Gasteiger partial charge in [-0.05, 0) is 28.7 Å². The number of nitrogens with one attached hydrogen (secondary N) is 1. The molecule has 0 atom stereocenters. The molecule has 0 saturated carbocycles. The third kappa shape index (κ3) is 5.51. The van der Waals surface area contributed by atoms with E-state index in [2.05, 4.69) is 22.3 Å². The number of carbonyl (C=O) groups excluding carboxylic acids is 2. The van der Waals surface area contributed by atoms with E-state index in [4.69, 9.17) is 5.73 Å². The van der Waals surface area contributed by atoms with Gasteiger partial charge in [-0.15, -0.1) is 23.7 Å². The number of anilines is 1. The number of amides is 2. The number of nitrogens with two attached hydrogens (primary N) is 1. The van der Waals surface area contributed by atoms with Gasteiger partial charge in [-0.2, -0.15) is 0 Å². The van der Waals surface area contributed by atoms with E-state index in [-0.39, 0.29) is 18.3 Å². The first-order valence-corrected chi connectivity index (χ1v) is 12.5. The number of thiophene rings is 1. The van der Waals surface area contributed by atoms with E-state index in [1.165, 1.54) is 16.9 Å². The van der Waals surface area contributed by atoms with E-state index in [0.717, 1.165) is 47.6 Å². The quantitative estimate of drug-likeness (QED) is 0.335. The highest BCUT2D eigenvalue weighted by atomic mass is 35.5. The Kier molecular flexibility index (Phi) is 8.21. The molecule has 3 aromatic carbocycles. The van der Waals surface area contributed by atoms with Crippen molar-refractivity contribution in [3.05, 3.63) is 124 Å². The molecule has 0 saturated heterocycles. The molecule has 7 heteroatoms. The summed E-state index contributed by atoms with van der Waals surface area (Å²) < 4.78 is 0. The lowest BCUT2D eigenvalue weighted by atomic mass is 9.90. The third-order valence-corrected chi connectivity index (χ3v) is 7.53. The molecule has 0 fully saturated rings. The van der Waals surface area contributed by atoms with E-state index in [0.29, 0.717) is 10.6 Å². The number of hydrogen-bond donors (Lipinski definition) is 2. The molecule has 4 aromatic rings. The predicted molar refractivity (Wildman–Crippen MR) is 148 cm³/mol. The third-order valence-electron chi connectivity index (χ3n) is 6.40. The highest BCUT2D eigenvalue weighted by Crippen LogP contribution is 2.38. The van der Waals surface area contributed by atoms with Crippen LogP contribution < -0.4 is 11.1 Å². The van der Waals surface area contributed by atoms with Crippen molar-refractivity contribution in [1.29, 1.82) is 0 Å². The van der Waals surface area contributed by atoms with Crippen LogP contribution >= 0.6 is 23.7 Å². The van der Waals surface area contributed by atoms with E-state index in [1.54, 1.807) is 0 Å². The summed E-state index contributed by atoms with van der Waals surface area (Å²) in [5.41, 5.74) is 10.3. The topological polar surface area (TPSA) is 75.4 Å². The minimum Gasteiger partial charge on any atom is -0.365 e. The fourth-order valence-corrected chi connectivity index (χ4v) is 6.05. The molecular formula is C29H28ClN3O2S. The lowest BCUT2D eigenvalue weighted by molar-refractivity contribution is -0.116. The molecule has 184 valence electrons. The highest BCUT2D eigenvalue weighted by molar-refractivity contribution is 7.17. The lowest BCUT2D eigenvalue weighted by Gasteiger charge is -2.27. The van der Waals surface area contributed by atoms with Crippen LogP contribution in [0, 0.1) is 0 Å². The summed E-state index contributed by atoms with van der Waals surface area (Å²) in [6.07, 6.45) is 0.730. The van der Waals surface area contributed by atoms with Crippen molar-refractivity contribution >= 4 is 40.6 Å². The van der Waals surface area contributed by atoms with E-state index in [9.17, 15) is 9.59 Å². The van der Waals surface area contributed by atoms with Crippen molar-refractivity contribution in [2.75, 3.05) is 11.9 Å². The van der Waals surface area contributed by atoms with Crippen molar-refractivity contribution in [1.82, 2.24) is 4.90 Å². The summed E-state index contributed by atoms with van der Waals surface area (Å²) in [5.74, 6) is -1.17. The van der Waals surface area contributed by atoms with Crippen LogP contribution in [0.5, 0.6) is 0 Å². The molecule has 0 aliphatic carbocycles. The Balaban J connectivity index is 0.00000304. The Bertz CT molecular complexity index is 1290. The second-order valence-electron chi connectivity index (χ2n) is 8.76. The second kappa shape index (κ2) is 11.5. The largest absolute Gasteiger partial charge is 0.365 e. The molecular weight excluding hydrogens is 490 g/mol. The molecule has 36 heavy (non-hydrogen) atoms. The predicted octanol–water partition coefficient (Wildman–Crippen LogP) is 5.60. The first-order valence-electron chi connectivity index (χ1n) is 11.7. The molecule has 0 radical (unpaired) electrons. The van der Waals surface area contributed by atoms with Gasteiger partial charge in [-0.25, -0.2) is 0 Å². The summed E-state index contributed by atoms with van der Waals surface area (Å²) in [7, 11) is 0. The van der Waals surface area contributed by atoms with E-state index >= 15 is 0 Å². The lowest BCUT2D eigenvalue weighted by Crippen LogP contribution is -2.30. The van der Waals surface area contributed by atoms with Crippen molar-refractivity contribution < 1.29 is 9.59 Å². The van der Waals surface area contributed by atoms with Gasteiger partial charge < -0.3 is 11.1 Å². The number of nitrogens with zero attached hydrogens (tertiary/aromatic N) is 1. The maximum absolute atomic E-state index is 13.6. The first-order chi connectivity index (χ1) is 17.1.